The van der Waals surface area contributed by atoms with Gasteiger partial charge in [0.1, 0.15) is 6.61 Å². The van der Waals surface area contributed by atoms with E-state index in [9.17, 15) is 13.2 Å². The van der Waals surface area contributed by atoms with Crippen LogP contribution in [-0.2, 0) is 34.3 Å². The Balaban J connectivity index is 1.08. The van der Waals surface area contributed by atoms with Crippen molar-refractivity contribution in [2.45, 2.75) is 49.3 Å². The van der Waals surface area contributed by atoms with Gasteiger partial charge in [-0.3, -0.25) is 9.21 Å². The number of sulfonamides is 1. The number of carbonyl (C=O) groups excluding carboxylic acids is 1. The molecule has 1 aliphatic heterocycles. The van der Waals surface area contributed by atoms with Gasteiger partial charge in [0, 0.05) is 43.6 Å². The maximum Gasteiger partial charge on any atom is 0.409 e. The van der Waals surface area contributed by atoms with Gasteiger partial charge in [-0.15, -0.1) is 0 Å². The van der Waals surface area contributed by atoms with Gasteiger partial charge in [0.25, 0.3) is 10.0 Å². The molecule has 1 saturated heterocycles. The second kappa shape index (κ2) is 16.9. The minimum absolute atomic E-state index is 0.0845. The van der Waals surface area contributed by atoms with Crippen LogP contribution < -0.4 is 4.31 Å². The number of anilines is 1. The highest BCUT2D eigenvalue weighted by Crippen LogP contribution is 2.33. The maximum atomic E-state index is 14.5. The van der Waals surface area contributed by atoms with E-state index in [0.717, 1.165) is 5.39 Å². The van der Waals surface area contributed by atoms with Crippen LogP contribution in [0.3, 0.4) is 0 Å². The van der Waals surface area contributed by atoms with Gasteiger partial charge in [0.15, 0.2) is 0 Å². The second-order valence-corrected chi connectivity index (χ2v) is 15.4. The Morgan fingerprint density at radius 2 is 1.15 bits per heavy atom. The van der Waals surface area contributed by atoms with Crippen molar-refractivity contribution >= 4 is 32.6 Å². The van der Waals surface area contributed by atoms with E-state index in [2.05, 4.69) is 65.6 Å². The van der Waals surface area contributed by atoms with E-state index < -0.39 is 10.0 Å². The lowest BCUT2D eigenvalue weighted by Crippen LogP contribution is -2.49. The van der Waals surface area contributed by atoms with Crippen molar-refractivity contribution in [1.82, 2.24) is 9.80 Å². The molecule has 6 aromatic carbocycles. The molecule has 8 heteroatoms. The normalized spacial score (nSPS) is 14.2. The molecule has 53 heavy (non-hydrogen) atoms. The SMILES string of the molecule is O=C(OC[C@H](Cc1ccccc1)N(Cc1ccccc1)Cc1ccccc1)N1CCC(N(c2ccccc2)S(=O)(=O)c2cccc3ccccc23)CC1. The van der Waals surface area contributed by atoms with Crippen molar-refractivity contribution in [2.24, 2.45) is 0 Å². The number of amides is 1. The third kappa shape index (κ3) is 8.79. The molecule has 7 rings (SSSR count). The van der Waals surface area contributed by atoms with Gasteiger partial charge in [-0.25, -0.2) is 13.2 Å². The zero-order valence-electron chi connectivity index (χ0n) is 29.8. The number of ether oxygens (including phenoxy) is 1. The molecule has 0 saturated carbocycles. The first-order valence-corrected chi connectivity index (χ1v) is 19.7. The number of benzene rings is 6. The minimum Gasteiger partial charge on any atom is -0.448 e. The molecule has 0 bridgehead atoms. The van der Waals surface area contributed by atoms with Crippen LogP contribution in [0.1, 0.15) is 29.5 Å². The van der Waals surface area contributed by atoms with Crippen molar-refractivity contribution in [2.75, 3.05) is 24.0 Å². The molecule has 270 valence electrons. The second-order valence-electron chi connectivity index (χ2n) is 13.6. The van der Waals surface area contributed by atoms with Crippen molar-refractivity contribution in [3.8, 4) is 0 Å². The molecule has 1 atom stereocenters. The van der Waals surface area contributed by atoms with Crippen LogP contribution in [0.25, 0.3) is 10.8 Å². The summed E-state index contributed by atoms with van der Waals surface area (Å²) in [6.45, 7) is 2.41. The standard InChI is InChI=1S/C45H45N3O4S/c49-45(52-35-42(32-36-16-5-1-6-17-36)47(33-37-18-7-2-8-19-37)34-38-20-9-3-10-21-38)46-30-28-41(29-31-46)48(40-24-11-4-12-25-40)53(50,51)44-27-15-23-39-22-13-14-26-43(39)44/h1-27,41-42H,28-35H2/t42-/m0/s1. The molecule has 0 radical (unpaired) electrons. The van der Waals surface area contributed by atoms with Crippen LogP contribution in [0.5, 0.6) is 0 Å². The van der Waals surface area contributed by atoms with Crippen LogP contribution in [0.15, 0.2) is 169 Å². The number of hydrogen-bond acceptors (Lipinski definition) is 5. The fourth-order valence-electron chi connectivity index (χ4n) is 7.32. The zero-order valence-corrected chi connectivity index (χ0v) is 30.6. The van der Waals surface area contributed by atoms with Crippen LogP contribution in [0.2, 0.25) is 0 Å². The number of piperidine rings is 1. The fraction of sp³-hybridized carbons (Fsp3) is 0.222. The Bertz CT molecular complexity index is 2130. The quantitative estimate of drug-likeness (QED) is 0.119. The number of rotatable bonds is 13. The Hall–Kier alpha value is -5.44. The average molecular weight is 724 g/mol. The monoisotopic (exact) mass is 723 g/mol. The highest BCUT2D eigenvalue weighted by molar-refractivity contribution is 7.93. The molecule has 0 aromatic heterocycles. The average Bonchev–Trinajstić information content (AvgIpc) is 3.21. The number of nitrogens with zero attached hydrogens (tertiary/aromatic N) is 3. The summed E-state index contributed by atoms with van der Waals surface area (Å²) in [5.41, 5.74) is 4.17. The summed E-state index contributed by atoms with van der Waals surface area (Å²) in [5, 5.41) is 1.56. The summed E-state index contributed by atoms with van der Waals surface area (Å²) in [5.74, 6) is 0. The lowest BCUT2D eigenvalue weighted by atomic mass is 10.0. The molecule has 0 N–H and O–H groups in total. The number of carbonyl (C=O) groups is 1. The summed E-state index contributed by atoms with van der Waals surface area (Å²) in [6.07, 6.45) is 1.31. The van der Waals surface area contributed by atoms with Gasteiger partial charge < -0.3 is 9.64 Å². The topological polar surface area (TPSA) is 70.2 Å². The molecule has 1 aliphatic rings. The molecule has 1 heterocycles. The molecular formula is C45H45N3O4S. The first kappa shape index (κ1) is 35.9. The van der Waals surface area contributed by atoms with Gasteiger partial charge in [0.05, 0.1) is 10.6 Å². The van der Waals surface area contributed by atoms with Crippen LogP contribution in [-0.4, -0.2) is 56.1 Å². The summed E-state index contributed by atoms with van der Waals surface area (Å²) < 4.78 is 36.8. The molecule has 0 aliphatic carbocycles. The lowest BCUT2D eigenvalue weighted by molar-refractivity contribution is 0.0540. The lowest BCUT2D eigenvalue weighted by Gasteiger charge is -2.39. The van der Waals surface area contributed by atoms with E-state index in [-0.39, 0.29) is 29.7 Å². The maximum absolute atomic E-state index is 14.5. The summed E-state index contributed by atoms with van der Waals surface area (Å²) >= 11 is 0. The third-order valence-corrected chi connectivity index (χ3v) is 12.0. The molecule has 6 aromatic rings. The van der Waals surface area contributed by atoms with Crippen molar-refractivity contribution in [3.63, 3.8) is 0 Å². The van der Waals surface area contributed by atoms with Gasteiger partial charge in [-0.1, -0.05) is 146 Å². The number of para-hydroxylation sites is 1. The highest BCUT2D eigenvalue weighted by atomic mass is 32.2. The molecule has 1 fully saturated rings. The van der Waals surface area contributed by atoms with Crippen LogP contribution in [0, 0.1) is 0 Å². The van der Waals surface area contributed by atoms with E-state index in [4.69, 9.17) is 4.74 Å². The molecular weight excluding hydrogens is 679 g/mol. The zero-order chi connectivity index (χ0) is 36.5. The van der Waals surface area contributed by atoms with E-state index >= 15 is 0 Å². The Kier molecular flexibility index (Phi) is 11.5. The van der Waals surface area contributed by atoms with Crippen molar-refractivity contribution in [3.05, 3.63) is 180 Å². The summed E-state index contributed by atoms with van der Waals surface area (Å²) in [4.78, 5) is 18.2. The number of likely N-dealkylation sites (tertiary alicyclic amines) is 1. The predicted octanol–water partition coefficient (Wildman–Crippen LogP) is 8.95. The van der Waals surface area contributed by atoms with Gasteiger partial charge in [0.2, 0.25) is 0 Å². The van der Waals surface area contributed by atoms with Gasteiger partial charge in [-0.05, 0) is 59.5 Å². The number of fused-ring (bicyclic) bond motifs is 1. The highest BCUT2D eigenvalue weighted by Gasteiger charge is 2.36. The first-order valence-electron chi connectivity index (χ1n) is 18.3. The minimum atomic E-state index is -3.94. The Labute approximate surface area is 313 Å². The van der Waals surface area contributed by atoms with E-state index in [1.165, 1.54) is 16.7 Å². The molecule has 1 amide bonds. The largest absolute Gasteiger partial charge is 0.448 e. The molecule has 0 unspecified atom stereocenters. The molecule has 0 spiro atoms. The van der Waals surface area contributed by atoms with E-state index in [0.29, 0.717) is 56.5 Å². The smallest absolute Gasteiger partial charge is 0.409 e. The van der Waals surface area contributed by atoms with Crippen molar-refractivity contribution in [1.29, 1.82) is 0 Å². The van der Waals surface area contributed by atoms with Crippen molar-refractivity contribution < 1.29 is 17.9 Å². The van der Waals surface area contributed by atoms with Gasteiger partial charge in [-0.2, -0.15) is 0 Å². The van der Waals surface area contributed by atoms with E-state index in [1.807, 2.05) is 91.0 Å². The third-order valence-electron chi connectivity index (χ3n) is 10.0. The predicted molar refractivity (Wildman–Crippen MR) is 212 cm³/mol. The summed E-state index contributed by atoms with van der Waals surface area (Å²) in [7, 11) is -3.94. The van der Waals surface area contributed by atoms with Gasteiger partial charge >= 0.3 is 6.09 Å². The Morgan fingerprint density at radius 1 is 0.642 bits per heavy atom. The Morgan fingerprint density at radius 3 is 1.75 bits per heavy atom. The number of hydrogen-bond donors (Lipinski definition) is 0. The van der Waals surface area contributed by atoms with Crippen LogP contribution >= 0.6 is 0 Å². The first-order chi connectivity index (χ1) is 26.0. The summed E-state index contributed by atoms with van der Waals surface area (Å²) in [6, 6.07) is 53.0. The fourth-order valence-corrected chi connectivity index (χ4v) is 9.25. The molecule has 7 nitrogen and oxygen atoms in total. The van der Waals surface area contributed by atoms with Crippen LogP contribution in [0.4, 0.5) is 10.5 Å². The van der Waals surface area contributed by atoms with E-state index in [1.54, 1.807) is 21.3 Å².